The highest BCUT2D eigenvalue weighted by Gasteiger charge is 2.04. The topological polar surface area (TPSA) is 3.88 Å². The van der Waals surface area contributed by atoms with Gasteiger partial charge in [-0.1, -0.05) is 22.3 Å². The molecule has 0 N–H and O–H groups in total. The lowest BCUT2D eigenvalue weighted by Crippen LogP contribution is -2.23. The predicted octanol–water partition coefficient (Wildman–Crippen LogP) is 2.44. The van der Waals surface area contributed by atoms with Gasteiger partial charge in [0.05, 0.1) is 0 Å². The molecule has 1 aromatic heterocycles. The second kappa shape index (κ2) is 2.76. The number of fused-ring (bicyclic) bond motifs is 1. The first-order valence-electron chi connectivity index (χ1n) is 3.84. The highest BCUT2D eigenvalue weighted by Crippen LogP contribution is 2.11. The quantitative estimate of drug-likeness (QED) is 0.584. The normalized spacial score (nSPS) is 10.5. The summed E-state index contributed by atoms with van der Waals surface area (Å²) < 4.78 is 1.61. The van der Waals surface area contributed by atoms with Crippen molar-refractivity contribution in [3.8, 4) is 0 Å². The second-order valence-corrected chi connectivity index (χ2v) is 3.22. The molecule has 2 rings (SSSR count). The molecular formula is C10H9ClN+. The maximum Gasteiger partial charge on any atom is 0.268 e. The molecule has 2 heteroatoms. The Labute approximate surface area is 76.3 Å². The molecule has 1 aromatic carbocycles. The Balaban J connectivity index is 2.84. The number of pyridine rings is 1. The summed E-state index contributed by atoms with van der Waals surface area (Å²) >= 11 is 5.90. The molecule has 0 aliphatic carbocycles. The molecular weight excluding hydrogens is 170 g/mol. The van der Waals surface area contributed by atoms with Crippen LogP contribution in [-0.4, -0.2) is 0 Å². The van der Waals surface area contributed by atoms with Crippen molar-refractivity contribution in [1.29, 1.82) is 0 Å². The van der Waals surface area contributed by atoms with Gasteiger partial charge >= 0.3 is 0 Å². The maximum atomic E-state index is 5.90. The van der Waals surface area contributed by atoms with E-state index in [9.17, 15) is 0 Å². The van der Waals surface area contributed by atoms with Gasteiger partial charge in [-0.2, -0.15) is 0 Å². The monoisotopic (exact) mass is 178 g/mol. The van der Waals surface area contributed by atoms with Crippen LogP contribution in [0.3, 0.4) is 0 Å². The molecule has 2 aromatic rings. The van der Waals surface area contributed by atoms with E-state index in [1.807, 2.05) is 31.3 Å². The van der Waals surface area contributed by atoms with Gasteiger partial charge in [-0.25, -0.2) is 0 Å². The van der Waals surface area contributed by atoms with Crippen LogP contribution < -0.4 is 4.09 Å². The minimum atomic E-state index is 1.05. The van der Waals surface area contributed by atoms with E-state index in [-0.39, 0.29) is 0 Å². The Morgan fingerprint density at radius 2 is 1.83 bits per heavy atom. The molecule has 0 aliphatic rings. The van der Waals surface area contributed by atoms with Crippen LogP contribution in [0.2, 0.25) is 0 Å². The zero-order chi connectivity index (χ0) is 8.55. The Bertz CT molecular complexity index is 383. The number of hydrogen-bond acceptors (Lipinski definition) is 0. The van der Waals surface area contributed by atoms with Crippen LogP contribution in [0.5, 0.6) is 0 Å². The highest BCUT2D eigenvalue weighted by molar-refractivity contribution is 6.04. The Morgan fingerprint density at radius 3 is 2.58 bits per heavy atom. The second-order valence-electron chi connectivity index (χ2n) is 2.85. The summed E-state index contributed by atoms with van der Waals surface area (Å²) in [6, 6.07) is 10.2. The molecule has 0 saturated carbocycles. The molecule has 12 heavy (non-hydrogen) atoms. The van der Waals surface area contributed by atoms with Crippen LogP contribution in [0.4, 0.5) is 0 Å². The fraction of sp³-hybridized carbons (Fsp3) is 0.100. The highest BCUT2D eigenvalue weighted by atomic mass is 35.5. The van der Waals surface area contributed by atoms with E-state index in [2.05, 4.69) is 12.1 Å². The predicted molar refractivity (Wildman–Crippen MR) is 50.1 cm³/mol. The zero-order valence-corrected chi connectivity index (χ0v) is 7.55. The molecule has 0 amide bonds. The van der Waals surface area contributed by atoms with E-state index in [4.69, 9.17) is 11.8 Å². The van der Waals surface area contributed by atoms with Crippen LogP contribution in [0.25, 0.3) is 10.8 Å². The van der Waals surface area contributed by atoms with E-state index in [1.165, 1.54) is 5.39 Å². The smallest absolute Gasteiger partial charge is 0.0870 e. The summed E-state index contributed by atoms with van der Waals surface area (Å²) in [5, 5.41) is 2.39. The number of aromatic nitrogens is 1. The third kappa shape index (κ3) is 1.16. The van der Waals surface area contributed by atoms with E-state index in [0.717, 1.165) is 11.1 Å². The van der Waals surface area contributed by atoms with Gasteiger partial charge in [0, 0.05) is 18.4 Å². The van der Waals surface area contributed by atoms with Crippen molar-refractivity contribution in [3.63, 3.8) is 0 Å². The number of aryl methyl sites for hydroxylation is 1. The summed E-state index contributed by atoms with van der Waals surface area (Å²) in [6.07, 6.45) is 1.92. The Hall–Kier alpha value is -1.08. The molecule has 0 atom stereocenters. The number of halogens is 1. The summed E-state index contributed by atoms with van der Waals surface area (Å²) in [4.78, 5) is 0. The molecule has 0 saturated heterocycles. The lowest BCUT2D eigenvalue weighted by Gasteiger charge is -1.94. The minimum Gasteiger partial charge on any atom is -0.0870 e. The van der Waals surface area contributed by atoms with Crippen LogP contribution in [-0.2, 0) is 0 Å². The molecule has 0 aliphatic heterocycles. The maximum absolute atomic E-state index is 5.90. The summed E-state index contributed by atoms with van der Waals surface area (Å²) in [7, 11) is 0. The summed E-state index contributed by atoms with van der Waals surface area (Å²) in [5.74, 6) is 0. The number of nitrogens with zero attached hydrogens (tertiary/aromatic N) is 1. The van der Waals surface area contributed by atoms with Crippen LogP contribution >= 0.6 is 11.8 Å². The number of hydrogen-bond donors (Lipinski definition) is 0. The van der Waals surface area contributed by atoms with Crippen molar-refractivity contribution >= 4 is 22.5 Å². The van der Waals surface area contributed by atoms with E-state index in [0.29, 0.717) is 0 Å². The van der Waals surface area contributed by atoms with E-state index < -0.39 is 0 Å². The van der Waals surface area contributed by atoms with Gasteiger partial charge < -0.3 is 0 Å². The van der Waals surface area contributed by atoms with Crippen molar-refractivity contribution in [1.82, 2.24) is 0 Å². The lowest BCUT2D eigenvalue weighted by molar-refractivity contribution is -0.525. The third-order valence-corrected chi connectivity index (χ3v) is 2.31. The largest absolute Gasteiger partial charge is 0.268 e. The van der Waals surface area contributed by atoms with Gasteiger partial charge in [0.1, 0.15) is 0 Å². The minimum absolute atomic E-state index is 1.05. The number of rotatable bonds is 0. The van der Waals surface area contributed by atoms with Crippen molar-refractivity contribution in [2.45, 2.75) is 6.92 Å². The van der Waals surface area contributed by atoms with Crippen LogP contribution in [0.1, 0.15) is 5.69 Å². The molecule has 0 bridgehead atoms. The Kier molecular flexibility index (Phi) is 1.74. The fourth-order valence-electron chi connectivity index (χ4n) is 1.27. The molecule has 0 unspecified atom stereocenters. The average Bonchev–Trinajstić information content (AvgIpc) is 2.07. The van der Waals surface area contributed by atoms with Gasteiger partial charge in [0.25, 0.3) is 11.8 Å². The molecule has 0 radical (unpaired) electrons. The van der Waals surface area contributed by atoms with Crippen LogP contribution in [0, 0.1) is 6.92 Å². The standard InChI is InChI=1S/C10H9ClN/c1-8-6-9-4-2-3-5-10(9)7-12(8)11/h2-7H,1H3/q+1. The summed E-state index contributed by atoms with van der Waals surface area (Å²) in [6.45, 7) is 1.99. The molecule has 60 valence electrons. The average molecular weight is 179 g/mol. The van der Waals surface area contributed by atoms with Gasteiger partial charge in [-0.05, 0) is 11.5 Å². The SMILES string of the molecule is Cc1cc2ccccc2c[n+]1Cl. The fourth-order valence-corrected chi connectivity index (χ4v) is 1.42. The van der Waals surface area contributed by atoms with Gasteiger partial charge in [0.15, 0.2) is 6.20 Å². The van der Waals surface area contributed by atoms with Crippen molar-refractivity contribution in [3.05, 3.63) is 42.2 Å². The van der Waals surface area contributed by atoms with Crippen molar-refractivity contribution in [2.75, 3.05) is 0 Å². The molecule has 1 heterocycles. The van der Waals surface area contributed by atoms with E-state index in [1.54, 1.807) is 4.09 Å². The van der Waals surface area contributed by atoms with Gasteiger partial charge in [0.2, 0.25) is 5.69 Å². The first-order chi connectivity index (χ1) is 5.77. The third-order valence-electron chi connectivity index (χ3n) is 1.95. The molecule has 0 spiro atoms. The van der Waals surface area contributed by atoms with Crippen LogP contribution in [0.15, 0.2) is 36.5 Å². The first-order valence-corrected chi connectivity index (χ1v) is 4.18. The molecule has 1 nitrogen and oxygen atoms in total. The van der Waals surface area contributed by atoms with Crippen molar-refractivity contribution in [2.24, 2.45) is 0 Å². The van der Waals surface area contributed by atoms with E-state index >= 15 is 0 Å². The zero-order valence-electron chi connectivity index (χ0n) is 6.79. The molecule has 0 fully saturated rings. The summed E-state index contributed by atoms with van der Waals surface area (Å²) in [5.41, 5.74) is 1.05. The lowest BCUT2D eigenvalue weighted by atomic mass is 10.1. The first kappa shape index (κ1) is 7.56. The van der Waals surface area contributed by atoms with Crippen molar-refractivity contribution < 1.29 is 4.09 Å². The number of benzene rings is 1. The van der Waals surface area contributed by atoms with Gasteiger partial charge in [-0.15, -0.1) is 0 Å². The Morgan fingerprint density at radius 1 is 1.17 bits per heavy atom. The van der Waals surface area contributed by atoms with Gasteiger partial charge in [-0.3, -0.25) is 0 Å².